The quantitative estimate of drug-likeness (QED) is 0.886. The first-order chi connectivity index (χ1) is 8.72. The lowest BCUT2D eigenvalue weighted by atomic mass is 9.99. The Morgan fingerprint density at radius 2 is 2.33 bits per heavy atom. The second-order valence-electron chi connectivity index (χ2n) is 4.71. The van der Waals surface area contributed by atoms with Gasteiger partial charge in [-0.1, -0.05) is 30.7 Å². The van der Waals surface area contributed by atoms with E-state index in [1.54, 1.807) is 18.2 Å². The zero-order valence-corrected chi connectivity index (χ0v) is 11.3. The van der Waals surface area contributed by atoms with Crippen LogP contribution in [0.25, 0.3) is 0 Å². The molecule has 2 rings (SSSR count). The molecule has 0 saturated carbocycles. The molecule has 1 fully saturated rings. The average molecular weight is 272 g/mol. The van der Waals surface area contributed by atoms with Gasteiger partial charge in [0.05, 0.1) is 11.1 Å². The molecule has 0 radical (unpaired) electrons. The molecule has 2 unspecified atom stereocenters. The molecule has 1 heterocycles. The van der Waals surface area contributed by atoms with Crippen LogP contribution >= 0.6 is 11.6 Å². The largest absolute Gasteiger partial charge is 0.378 e. The zero-order chi connectivity index (χ0) is 13.0. The molecule has 0 amide bonds. The van der Waals surface area contributed by atoms with Crippen molar-refractivity contribution in [1.29, 1.82) is 0 Å². The van der Waals surface area contributed by atoms with Crippen molar-refractivity contribution in [2.45, 2.75) is 32.4 Å². The normalized spacial score (nSPS) is 23.5. The number of hydrogen-bond donors (Lipinski definition) is 1. The maximum atomic E-state index is 13.6. The standard InChI is InChI=1S/C14H19ClFNO/c1-2-13-10(6-7-18-13)8-17-9-11-4-3-5-12(15)14(11)16/h3-5,10,13,17H,2,6-9H2,1H3. The summed E-state index contributed by atoms with van der Waals surface area (Å²) in [5.41, 5.74) is 0.620. The molecular weight excluding hydrogens is 253 g/mol. The second kappa shape index (κ2) is 6.50. The van der Waals surface area contributed by atoms with E-state index >= 15 is 0 Å². The summed E-state index contributed by atoms with van der Waals surface area (Å²) < 4.78 is 19.3. The molecule has 1 aliphatic rings. The monoisotopic (exact) mass is 271 g/mol. The van der Waals surface area contributed by atoms with Gasteiger partial charge in [0.15, 0.2) is 0 Å². The number of nitrogens with one attached hydrogen (secondary N) is 1. The highest BCUT2D eigenvalue weighted by molar-refractivity contribution is 6.30. The number of rotatable bonds is 5. The van der Waals surface area contributed by atoms with Crippen molar-refractivity contribution in [3.05, 3.63) is 34.6 Å². The summed E-state index contributed by atoms with van der Waals surface area (Å²) in [5, 5.41) is 3.48. The van der Waals surface area contributed by atoms with Crippen LogP contribution in [0.4, 0.5) is 4.39 Å². The summed E-state index contributed by atoms with van der Waals surface area (Å²) in [7, 11) is 0. The van der Waals surface area contributed by atoms with Crippen LogP contribution in [-0.4, -0.2) is 19.3 Å². The molecule has 1 aliphatic heterocycles. The lowest BCUT2D eigenvalue weighted by molar-refractivity contribution is 0.0872. The van der Waals surface area contributed by atoms with Gasteiger partial charge in [0.2, 0.25) is 0 Å². The SMILES string of the molecule is CCC1OCCC1CNCc1cccc(Cl)c1F. The number of ether oxygens (including phenoxy) is 1. The first kappa shape index (κ1) is 13.8. The fraction of sp³-hybridized carbons (Fsp3) is 0.571. The summed E-state index contributed by atoms with van der Waals surface area (Å²) >= 11 is 5.74. The van der Waals surface area contributed by atoms with Crippen LogP contribution in [0.1, 0.15) is 25.3 Å². The van der Waals surface area contributed by atoms with Crippen LogP contribution in [0.5, 0.6) is 0 Å². The highest BCUT2D eigenvalue weighted by Gasteiger charge is 2.26. The topological polar surface area (TPSA) is 21.3 Å². The van der Waals surface area contributed by atoms with Gasteiger partial charge in [-0.2, -0.15) is 0 Å². The summed E-state index contributed by atoms with van der Waals surface area (Å²) in [6.45, 7) is 4.36. The van der Waals surface area contributed by atoms with Gasteiger partial charge in [0, 0.05) is 25.3 Å². The Morgan fingerprint density at radius 1 is 1.50 bits per heavy atom. The Morgan fingerprint density at radius 3 is 3.11 bits per heavy atom. The van der Waals surface area contributed by atoms with Crippen LogP contribution in [0.15, 0.2) is 18.2 Å². The molecular formula is C14H19ClFNO. The van der Waals surface area contributed by atoms with Crippen molar-refractivity contribution >= 4 is 11.6 Å². The van der Waals surface area contributed by atoms with E-state index in [-0.39, 0.29) is 10.8 Å². The Labute approximate surface area is 112 Å². The van der Waals surface area contributed by atoms with Gasteiger partial charge in [-0.15, -0.1) is 0 Å². The minimum atomic E-state index is -0.318. The van der Waals surface area contributed by atoms with E-state index in [1.807, 2.05) is 0 Å². The van der Waals surface area contributed by atoms with Gasteiger partial charge in [-0.3, -0.25) is 0 Å². The van der Waals surface area contributed by atoms with E-state index in [0.29, 0.717) is 24.1 Å². The predicted octanol–water partition coefficient (Wildman–Crippen LogP) is 3.38. The molecule has 4 heteroatoms. The van der Waals surface area contributed by atoms with Crippen LogP contribution in [0.2, 0.25) is 5.02 Å². The maximum Gasteiger partial charge on any atom is 0.146 e. The Bertz CT molecular complexity index is 399. The third-order valence-electron chi connectivity index (χ3n) is 3.50. The number of hydrogen-bond acceptors (Lipinski definition) is 2. The van der Waals surface area contributed by atoms with Crippen molar-refractivity contribution in [1.82, 2.24) is 5.32 Å². The minimum Gasteiger partial charge on any atom is -0.378 e. The van der Waals surface area contributed by atoms with Crippen LogP contribution in [0, 0.1) is 11.7 Å². The maximum absolute atomic E-state index is 13.6. The smallest absolute Gasteiger partial charge is 0.146 e. The molecule has 2 atom stereocenters. The lowest BCUT2D eigenvalue weighted by Gasteiger charge is -2.17. The minimum absolute atomic E-state index is 0.185. The highest BCUT2D eigenvalue weighted by atomic mass is 35.5. The molecule has 1 N–H and O–H groups in total. The van der Waals surface area contributed by atoms with Crippen LogP contribution < -0.4 is 5.32 Å². The van der Waals surface area contributed by atoms with Crippen molar-refractivity contribution < 1.29 is 9.13 Å². The molecule has 100 valence electrons. The van der Waals surface area contributed by atoms with E-state index in [1.165, 1.54) is 0 Å². The van der Waals surface area contributed by atoms with Gasteiger partial charge >= 0.3 is 0 Å². The Hall–Kier alpha value is -0.640. The molecule has 1 aromatic rings. The third kappa shape index (κ3) is 3.22. The molecule has 0 aliphatic carbocycles. The van der Waals surface area contributed by atoms with Gasteiger partial charge in [0.1, 0.15) is 5.82 Å². The molecule has 0 spiro atoms. The van der Waals surface area contributed by atoms with E-state index in [9.17, 15) is 4.39 Å². The first-order valence-electron chi connectivity index (χ1n) is 6.47. The van der Waals surface area contributed by atoms with Crippen LogP contribution in [0.3, 0.4) is 0 Å². The summed E-state index contributed by atoms with van der Waals surface area (Å²) in [4.78, 5) is 0. The predicted molar refractivity (Wildman–Crippen MR) is 71.3 cm³/mol. The number of benzene rings is 1. The molecule has 1 saturated heterocycles. The van der Waals surface area contributed by atoms with E-state index in [2.05, 4.69) is 12.2 Å². The fourth-order valence-corrected chi connectivity index (χ4v) is 2.65. The molecule has 1 aromatic carbocycles. The number of halogens is 2. The second-order valence-corrected chi connectivity index (χ2v) is 5.12. The van der Waals surface area contributed by atoms with E-state index < -0.39 is 0 Å². The molecule has 2 nitrogen and oxygen atoms in total. The summed E-state index contributed by atoms with van der Waals surface area (Å²) in [6.07, 6.45) is 2.48. The molecule has 18 heavy (non-hydrogen) atoms. The van der Waals surface area contributed by atoms with E-state index in [4.69, 9.17) is 16.3 Å². The van der Waals surface area contributed by atoms with Gasteiger partial charge in [-0.05, 0) is 24.8 Å². The van der Waals surface area contributed by atoms with E-state index in [0.717, 1.165) is 26.0 Å². The molecule has 0 bridgehead atoms. The first-order valence-corrected chi connectivity index (χ1v) is 6.85. The van der Waals surface area contributed by atoms with Gasteiger partial charge in [0.25, 0.3) is 0 Å². The lowest BCUT2D eigenvalue weighted by Crippen LogP contribution is -2.28. The third-order valence-corrected chi connectivity index (χ3v) is 3.79. The Balaban J connectivity index is 1.83. The van der Waals surface area contributed by atoms with Gasteiger partial charge in [-0.25, -0.2) is 4.39 Å². The highest BCUT2D eigenvalue weighted by Crippen LogP contribution is 2.23. The zero-order valence-electron chi connectivity index (χ0n) is 10.6. The van der Waals surface area contributed by atoms with Gasteiger partial charge < -0.3 is 10.1 Å². The summed E-state index contributed by atoms with van der Waals surface area (Å²) in [5.74, 6) is 0.221. The molecule has 0 aromatic heterocycles. The Kier molecular flexibility index (Phi) is 4.98. The van der Waals surface area contributed by atoms with Crippen molar-refractivity contribution in [2.24, 2.45) is 5.92 Å². The van der Waals surface area contributed by atoms with Crippen LogP contribution in [-0.2, 0) is 11.3 Å². The fourth-order valence-electron chi connectivity index (χ4n) is 2.45. The average Bonchev–Trinajstić information content (AvgIpc) is 2.82. The summed E-state index contributed by atoms with van der Waals surface area (Å²) in [6, 6.07) is 5.10. The van der Waals surface area contributed by atoms with Crippen molar-refractivity contribution in [3.63, 3.8) is 0 Å². The van der Waals surface area contributed by atoms with Crippen molar-refractivity contribution in [3.8, 4) is 0 Å². The van der Waals surface area contributed by atoms with Crippen molar-refractivity contribution in [2.75, 3.05) is 13.2 Å².